The van der Waals surface area contributed by atoms with Crippen molar-refractivity contribution in [3.05, 3.63) is 41.9 Å². The van der Waals surface area contributed by atoms with Crippen LogP contribution >= 0.6 is 0 Å². The number of hydrogen-bond donors (Lipinski definition) is 1. The first kappa shape index (κ1) is 23.1. The Kier molecular flexibility index (Phi) is 7.01. The summed E-state index contributed by atoms with van der Waals surface area (Å²) in [4.78, 5) is 15.8. The third kappa shape index (κ3) is 5.05. The van der Waals surface area contributed by atoms with Crippen LogP contribution in [0.1, 0.15) is 56.5 Å². The summed E-state index contributed by atoms with van der Waals surface area (Å²) < 4.78 is 34.8. The number of aliphatic hydroxyl groups is 1. The van der Waals surface area contributed by atoms with E-state index in [2.05, 4.69) is 9.88 Å². The Hall–Kier alpha value is -2.65. The van der Waals surface area contributed by atoms with Crippen molar-refractivity contribution in [2.75, 3.05) is 31.2 Å². The van der Waals surface area contributed by atoms with E-state index in [0.29, 0.717) is 43.3 Å². The topological polar surface area (TPSA) is 76.3 Å². The molecule has 1 aliphatic carbocycles. The lowest BCUT2D eigenvalue weighted by atomic mass is 9.84. The third-order valence-corrected chi connectivity index (χ3v) is 6.93. The molecule has 2 aliphatic rings. The fraction of sp³-hybridized carbons (Fsp3) is 0.560. The summed E-state index contributed by atoms with van der Waals surface area (Å²) in [7, 11) is 0. The van der Waals surface area contributed by atoms with Gasteiger partial charge in [-0.25, -0.2) is 18.7 Å². The maximum absolute atomic E-state index is 14.0. The minimum absolute atomic E-state index is 0.147. The zero-order valence-corrected chi connectivity index (χ0v) is 19.2. The second-order valence-corrected chi connectivity index (χ2v) is 9.28. The first-order valence-corrected chi connectivity index (χ1v) is 12.2. The minimum atomic E-state index is -2.74. The Labute approximate surface area is 197 Å². The molecule has 0 unspecified atom stereocenters. The molecule has 5 rings (SSSR count). The summed E-state index contributed by atoms with van der Waals surface area (Å²) in [5, 5.41) is 9.75. The van der Waals surface area contributed by atoms with Crippen LogP contribution in [0.25, 0.3) is 17.0 Å². The van der Waals surface area contributed by atoms with Crippen molar-refractivity contribution in [3.8, 4) is 5.95 Å². The molecule has 9 heteroatoms. The average Bonchev–Trinajstić information content (AvgIpc) is 3.26. The molecule has 182 valence electrons. The van der Waals surface area contributed by atoms with Crippen molar-refractivity contribution in [1.29, 1.82) is 0 Å². The molecule has 1 aliphatic heterocycles. The lowest BCUT2D eigenvalue weighted by Crippen LogP contribution is -2.37. The van der Waals surface area contributed by atoms with Gasteiger partial charge in [-0.15, -0.1) is 0 Å². The summed E-state index contributed by atoms with van der Waals surface area (Å²) in [5.41, 5.74) is 1.92. The van der Waals surface area contributed by atoms with Crippen LogP contribution in [-0.4, -0.2) is 57.0 Å². The summed E-state index contributed by atoms with van der Waals surface area (Å²) >= 11 is 0. The van der Waals surface area contributed by atoms with E-state index < -0.39 is 6.43 Å². The van der Waals surface area contributed by atoms with Gasteiger partial charge in [-0.2, -0.15) is 4.98 Å². The number of halogens is 2. The lowest BCUT2D eigenvalue weighted by molar-refractivity contribution is 0.106. The standard InChI is InChI=1S/C25H31F2N5O2/c26-23(27)24-29-20-6-1-2-7-21(20)32(24)25-28-18(5-3-4-17-8-10-19(33)11-9-17)16-22(30-25)31-12-14-34-15-13-31/h1-2,6-7,16-17,19,23,33H,3-5,8-15H2/t17-,19-. The van der Waals surface area contributed by atoms with E-state index >= 15 is 0 Å². The number of aryl methyl sites for hydroxylation is 1. The number of para-hydroxylation sites is 2. The smallest absolute Gasteiger partial charge is 0.296 e. The predicted octanol–water partition coefficient (Wildman–Crippen LogP) is 4.46. The van der Waals surface area contributed by atoms with E-state index in [4.69, 9.17) is 14.7 Å². The molecule has 34 heavy (non-hydrogen) atoms. The van der Waals surface area contributed by atoms with Crippen molar-refractivity contribution >= 4 is 16.9 Å². The van der Waals surface area contributed by atoms with Crippen LogP contribution in [0.15, 0.2) is 30.3 Å². The van der Waals surface area contributed by atoms with Crippen molar-refractivity contribution in [2.24, 2.45) is 5.92 Å². The molecule has 2 fully saturated rings. The molecular formula is C25H31F2N5O2. The number of rotatable bonds is 7. The molecule has 0 spiro atoms. The van der Waals surface area contributed by atoms with Gasteiger partial charge in [-0.3, -0.25) is 4.57 Å². The largest absolute Gasteiger partial charge is 0.393 e. The maximum Gasteiger partial charge on any atom is 0.296 e. The molecule has 1 aromatic carbocycles. The van der Waals surface area contributed by atoms with Crippen LogP contribution in [0.2, 0.25) is 0 Å². The SMILES string of the molecule is O[C@H]1CC[C@H](CCCc2cc(N3CCOCC3)nc(-n3c(C(F)F)nc4ccccc43)n2)CC1. The van der Waals surface area contributed by atoms with Crippen LogP contribution < -0.4 is 4.90 Å². The van der Waals surface area contributed by atoms with Gasteiger partial charge in [0, 0.05) is 24.8 Å². The zero-order chi connectivity index (χ0) is 23.5. The van der Waals surface area contributed by atoms with Crippen LogP contribution in [0, 0.1) is 5.92 Å². The number of anilines is 1. The molecule has 0 bridgehead atoms. The second kappa shape index (κ2) is 10.3. The number of aromatic nitrogens is 4. The molecule has 1 saturated heterocycles. The van der Waals surface area contributed by atoms with Gasteiger partial charge in [-0.05, 0) is 56.6 Å². The number of aliphatic hydroxyl groups excluding tert-OH is 1. The highest BCUT2D eigenvalue weighted by molar-refractivity contribution is 5.77. The molecule has 1 N–H and O–H groups in total. The number of imidazole rings is 1. The molecule has 2 aromatic heterocycles. The Morgan fingerprint density at radius 1 is 1.03 bits per heavy atom. The second-order valence-electron chi connectivity index (χ2n) is 9.28. The number of hydrogen-bond acceptors (Lipinski definition) is 6. The van der Waals surface area contributed by atoms with E-state index in [1.807, 2.05) is 12.1 Å². The summed E-state index contributed by atoms with van der Waals surface area (Å²) in [6, 6.07) is 9.08. The number of morpholine rings is 1. The maximum atomic E-state index is 14.0. The monoisotopic (exact) mass is 471 g/mol. The highest BCUT2D eigenvalue weighted by atomic mass is 19.3. The number of fused-ring (bicyclic) bond motifs is 1. The fourth-order valence-corrected chi connectivity index (χ4v) is 5.06. The van der Waals surface area contributed by atoms with Crippen molar-refractivity contribution in [3.63, 3.8) is 0 Å². The first-order chi connectivity index (χ1) is 16.6. The van der Waals surface area contributed by atoms with Gasteiger partial charge in [0.15, 0.2) is 5.82 Å². The molecule has 1 saturated carbocycles. The van der Waals surface area contributed by atoms with Gasteiger partial charge in [0.1, 0.15) is 5.82 Å². The van der Waals surface area contributed by atoms with Crippen LogP contribution in [0.4, 0.5) is 14.6 Å². The number of ether oxygens (including phenoxy) is 1. The quantitative estimate of drug-likeness (QED) is 0.548. The van der Waals surface area contributed by atoms with Gasteiger partial charge >= 0.3 is 0 Å². The van der Waals surface area contributed by atoms with Crippen LogP contribution in [-0.2, 0) is 11.2 Å². The molecule has 0 radical (unpaired) electrons. The summed E-state index contributed by atoms with van der Waals surface area (Å²) in [6.45, 7) is 2.62. The fourth-order valence-electron chi connectivity index (χ4n) is 5.06. The van der Waals surface area contributed by atoms with Crippen molar-refractivity contribution in [2.45, 2.75) is 57.5 Å². The third-order valence-electron chi connectivity index (χ3n) is 6.93. The van der Waals surface area contributed by atoms with Crippen molar-refractivity contribution in [1.82, 2.24) is 19.5 Å². The zero-order valence-electron chi connectivity index (χ0n) is 19.2. The average molecular weight is 472 g/mol. The van der Waals surface area contributed by atoms with E-state index in [-0.39, 0.29) is 17.9 Å². The Balaban J connectivity index is 1.46. The van der Waals surface area contributed by atoms with E-state index in [1.54, 1.807) is 18.2 Å². The molecule has 7 nitrogen and oxygen atoms in total. The molecular weight excluding hydrogens is 440 g/mol. The molecule has 0 amide bonds. The van der Waals surface area contributed by atoms with Gasteiger partial charge < -0.3 is 14.7 Å². The van der Waals surface area contributed by atoms with Gasteiger partial charge in [0.2, 0.25) is 5.95 Å². The van der Waals surface area contributed by atoms with Gasteiger partial charge in [0.05, 0.1) is 30.4 Å². The number of alkyl halides is 2. The van der Waals surface area contributed by atoms with Crippen LogP contribution in [0.3, 0.4) is 0 Å². The van der Waals surface area contributed by atoms with E-state index in [1.165, 1.54) is 4.57 Å². The van der Waals surface area contributed by atoms with Crippen molar-refractivity contribution < 1.29 is 18.6 Å². The molecule has 0 atom stereocenters. The first-order valence-electron chi connectivity index (χ1n) is 12.2. The Bertz CT molecular complexity index is 1110. The number of nitrogens with zero attached hydrogens (tertiary/aromatic N) is 5. The van der Waals surface area contributed by atoms with E-state index in [9.17, 15) is 13.9 Å². The highest BCUT2D eigenvalue weighted by Gasteiger charge is 2.24. The summed E-state index contributed by atoms with van der Waals surface area (Å²) in [6.07, 6.45) is 3.80. The highest BCUT2D eigenvalue weighted by Crippen LogP contribution is 2.30. The van der Waals surface area contributed by atoms with E-state index in [0.717, 1.165) is 56.5 Å². The van der Waals surface area contributed by atoms with Crippen LogP contribution in [0.5, 0.6) is 0 Å². The predicted molar refractivity (Wildman–Crippen MR) is 126 cm³/mol. The van der Waals surface area contributed by atoms with Gasteiger partial charge in [-0.1, -0.05) is 18.6 Å². The summed E-state index contributed by atoms with van der Waals surface area (Å²) in [5.74, 6) is 1.27. The lowest BCUT2D eigenvalue weighted by Gasteiger charge is -2.28. The molecule has 3 aromatic rings. The Morgan fingerprint density at radius 3 is 2.56 bits per heavy atom. The normalized spacial score (nSPS) is 21.5. The Morgan fingerprint density at radius 2 is 1.79 bits per heavy atom. The molecule has 3 heterocycles. The number of benzene rings is 1. The minimum Gasteiger partial charge on any atom is -0.393 e. The van der Waals surface area contributed by atoms with Gasteiger partial charge in [0.25, 0.3) is 6.43 Å².